The third-order valence-electron chi connectivity index (χ3n) is 5.67. The molecule has 0 aromatic carbocycles. The van der Waals surface area contributed by atoms with Gasteiger partial charge in [-0.2, -0.15) is 10.2 Å². The summed E-state index contributed by atoms with van der Waals surface area (Å²) in [5, 5.41) is 17.9. The van der Waals surface area contributed by atoms with E-state index in [1.54, 1.807) is 23.1 Å². The molecular formula is C19H23N7O2. The van der Waals surface area contributed by atoms with Crippen LogP contribution in [-0.2, 0) is 4.74 Å². The molecule has 9 heteroatoms. The molecule has 0 radical (unpaired) electrons. The number of ether oxygens (including phenoxy) is 1. The topological polar surface area (TPSA) is 109 Å². The minimum absolute atomic E-state index is 0.0470. The van der Waals surface area contributed by atoms with Gasteiger partial charge in [0, 0.05) is 35.6 Å². The number of rotatable bonds is 5. The van der Waals surface area contributed by atoms with E-state index in [-0.39, 0.29) is 17.7 Å². The van der Waals surface area contributed by atoms with Gasteiger partial charge in [0.15, 0.2) is 11.6 Å². The molecule has 3 N–H and O–H groups in total. The van der Waals surface area contributed by atoms with Gasteiger partial charge < -0.3 is 15.4 Å². The second kappa shape index (κ2) is 6.50. The Labute approximate surface area is 161 Å². The second-order valence-corrected chi connectivity index (χ2v) is 7.99. The average molecular weight is 381 g/mol. The Morgan fingerprint density at radius 1 is 1.36 bits per heavy atom. The van der Waals surface area contributed by atoms with Crippen molar-refractivity contribution in [3.63, 3.8) is 0 Å². The minimum Gasteiger partial charge on any atom is -0.446 e. The molecule has 2 saturated carbocycles. The monoisotopic (exact) mass is 381 g/mol. The summed E-state index contributed by atoms with van der Waals surface area (Å²) in [5.41, 5.74) is 1.88. The molecule has 0 bridgehead atoms. The average Bonchev–Trinajstić information content (AvgIpc) is 3.13. The molecule has 2 aliphatic rings. The maximum Gasteiger partial charge on any atom is 0.407 e. The molecule has 9 nitrogen and oxygen atoms in total. The molecule has 5 rings (SSSR count). The fraction of sp³-hybridized carbons (Fsp3) is 0.474. The van der Waals surface area contributed by atoms with E-state index in [1.807, 2.05) is 19.1 Å². The zero-order valence-corrected chi connectivity index (χ0v) is 15.7. The molecule has 3 heterocycles. The van der Waals surface area contributed by atoms with Crippen LogP contribution < -0.4 is 10.6 Å². The lowest BCUT2D eigenvalue weighted by Crippen LogP contribution is -2.36. The van der Waals surface area contributed by atoms with E-state index in [0.29, 0.717) is 17.6 Å². The number of amides is 1. The quantitative estimate of drug-likeness (QED) is 0.626. The van der Waals surface area contributed by atoms with Gasteiger partial charge in [-0.15, -0.1) is 0 Å². The van der Waals surface area contributed by atoms with Gasteiger partial charge >= 0.3 is 6.09 Å². The molecule has 2 unspecified atom stereocenters. The van der Waals surface area contributed by atoms with Gasteiger partial charge in [-0.05, 0) is 45.1 Å². The molecule has 28 heavy (non-hydrogen) atoms. The number of fused-ring (bicyclic) bond motifs is 1. The summed E-state index contributed by atoms with van der Waals surface area (Å²) in [6.07, 6.45) is 9.59. The fourth-order valence-corrected chi connectivity index (χ4v) is 3.75. The summed E-state index contributed by atoms with van der Waals surface area (Å²) < 4.78 is 7.36. The van der Waals surface area contributed by atoms with E-state index in [4.69, 9.17) is 4.74 Å². The normalized spacial score (nSPS) is 22.9. The lowest BCUT2D eigenvalue weighted by molar-refractivity contribution is 0.0967. The van der Waals surface area contributed by atoms with Crippen LogP contribution in [0.4, 0.5) is 16.4 Å². The molecular weight excluding hydrogens is 358 g/mol. The lowest BCUT2D eigenvalue weighted by atomic mass is 10.0. The third-order valence-corrected chi connectivity index (χ3v) is 5.67. The van der Waals surface area contributed by atoms with Crippen molar-refractivity contribution in [2.75, 3.05) is 5.32 Å². The predicted octanol–water partition coefficient (Wildman–Crippen LogP) is 3.11. The molecule has 2 atom stereocenters. The Morgan fingerprint density at radius 2 is 2.25 bits per heavy atom. The first-order valence-electron chi connectivity index (χ1n) is 9.67. The summed E-state index contributed by atoms with van der Waals surface area (Å²) in [6.45, 7) is 2.05. The van der Waals surface area contributed by atoms with Crippen LogP contribution in [-0.4, -0.2) is 42.5 Å². The van der Waals surface area contributed by atoms with Gasteiger partial charge in [0.05, 0.1) is 6.20 Å². The van der Waals surface area contributed by atoms with Gasteiger partial charge in [-0.25, -0.2) is 14.3 Å². The maximum absolute atomic E-state index is 12.0. The van der Waals surface area contributed by atoms with Crippen molar-refractivity contribution >= 4 is 23.2 Å². The number of anilines is 2. The number of aromatic amines is 1. The summed E-state index contributed by atoms with van der Waals surface area (Å²) in [6, 6.07) is 3.90. The lowest BCUT2D eigenvalue weighted by Gasteiger charge is -2.16. The van der Waals surface area contributed by atoms with Crippen LogP contribution in [0.25, 0.3) is 5.52 Å². The third kappa shape index (κ3) is 3.39. The largest absolute Gasteiger partial charge is 0.446 e. The number of carbonyl (C=O) groups excluding carboxylic acids is 1. The number of nitrogens with one attached hydrogen (secondary N) is 3. The fourth-order valence-electron chi connectivity index (χ4n) is 3.75. The standard InChI is InChI=1S/C19H23N7O2/c1-19(5-6-19)23-18(27)28-13-3-2-12(10-13)14-11-16(25-24-14)22-17-15-4-7-21-26(15)9-8-20-17/h4,7-9,11-13H,2-3,5-6,10H2,1H3,(H,23,27)(H2,20,22,24,25). The van der Waals surface area contributed by atoms with Crippen LogP contribution in [0, 0.1) is 0 Å². The number of nitrogens with zero attached hydrogens (tertiary/aromatic N) is 4. The Bertz CT molecular complexity index is 1010. The zero-order valence-electron chi connectivity index (χ0n) is 15.7. The van der Waals surface area contributed by atoms with Crippen LogP contribution in [0.1, 0.15) is 50.6 Å². The summed E-state index contributed by atoms with van der Waals surface area (Å²) in [5.74, 6) is 1.72. The Kier molecular flexibility index (Phi) is 3.96. The number of carbonyl (C=O) groups is 1. The van der Waals surface area contributed by atoms with Gasteiger partial charge in [0.1, 0.15) is 11.6 Å². The Balaban J connectivity index is 1.20. The number of aromatic nitrogens is 5. The first-order chi connectivity index (χ1) is 13.6. The first-order valence-corrected chi connectivity index (χ1v) is 9.67. The van der Waals surface area contributed by atoms with Crippen LogP contribution >= 0.6 is 0 Å². The molecule has 0 saturated heterocycles. The second-order valence-electron chi connectivity index (χ2n) is 7.99. The maximum atomic E-state index is 12.0. The van der Waals surface area contributed by atoms with Crippen LogP contribution in [0.2, 0.25) is 0 Å². The number of alkyl carbamates (subject to hydrolysis) is 1. The summed E-state index contributed by atoms with van der Waals surface area (Å²) >= 11 is 0. The van der Waals surface area contributed by atoms with Gasteiger partial charge in [0.2, 0.25) is 0 Å². The van der Waals surface area contributed by atoms with Crippen molar-refractivity contribution in [2.45, 2.75) is 56.6 Å². The number of H-pyrrole nitrogens is 1. The molecule has 1 amide bonds. The molecule has 2 fully saturated rings. The Hall–Kier alpha value is -3.10. The van der Waals surface area contributed by atoms with Crippen molar-refractivity contribution in [1.82, 2.24) is 30.1 Å². The van der Waals surface area contributed by atoms with Crippen molar-refractivity contribution < 1.29 is 9.53 Å². The van der Waals surface area contributed by atoms with Crippen molar-refractivity contribution in [3.05, 3.63) is 36.4 Å². The number of hydrogen-bond acceptors (Lipinski definition) is 6. The molecule has 0 spiro atoms. The summed E-state index contributed by atoms with van der Waals surface area (Å²) in [7, 11) is 0. The van der Waals surface area contributed by atoms with E-state index < -0.39 is 0 Å². The highest BCUT2D eigenvalue weighted by molar-refractivity contribution is 5.71. The highest BCUT2D eigenvalue weighted by Crippen LogP contribution is 2.37. The number of hydrogen-bond donors (Lipinski definition) is 3. The van der Waals surface area contributed by atoms with E-state index in [1.165, 1.54) is 0 Å². The van der Waals surface area contributed by atoms with E-state index >= 15 is 0 Å². The highest BCUT2D eigenvalue weighted by Gasteiger charge is 2.40. The van der Waals surface area contributed by atoms with E-state index in [0.717, 1.165) is 43.3 Å². The van der Waals surface area contributed by atoms with E-state index in [2.05, 4.69) is 30.9 Å². The minimum atomic E-state index is -0.294. The Morgan fingerprint density at radius 3 is 3.11 bits per heavy atom. The van der Waals surface area contributed by atoms with Crippen LogP contribution in [0.5, 0.6) is 0 Å². The van der Waals surface area contributed by atoms with Gasteiger partial charge in [-0.1, -0.05) is 0 Å². The highest BCUT2D eigenvalue weighted by atomic mass is 16.6. The molecule has 3 aromatic rings. The van der Waals surface area contributed by atoms with E-state index in [9.17, 15) is 4.79 Å². The molecule has 3 aromatic heterocycles. The van der Waals surface area contributed by atoms with Crippen LogP contribution in [0.3, 0.4) is 0 Å². The van der Waals surface area contributed by atoms with Gasteiger partial charge in [-0.3, -0.25) is 5.10 Å². The summed E-state index contributed by atoms with van der Waals surface area (Å²) in [4.78, 5) is 16.4. The molecule has 146 valence electrons. The van der Waals surface area contributed by atoms with Crippen LogP contribution in [0.15, 0.2) is 30.7 Å². The first kappa shape index (κ1) is 17.0. The van der Waals surface area contributed by atoms with Crippen molar-refractivity contribution in [3.8, 4) is 0 Å². The molecule has 2 aliphatic carbocycles. The smallest absolute Gasteiger partial charge is 0.407 e. The van der Waals surface area contributed by atoms with Crippen molar-refractivity contribution in [1.29, 1.82) is 0 Å². The zero-order chi connectivity index (χ0) is 19.1. The van der Waals surface area contributed by atoms with Crippen molar-refractivity contribution in [2.24, 2.45) is 0 Å². The van der Waals surface area contributed by atoms with Gasteiger partial charge in [0.25, 0.3) is 0 Å². The predicted molar refractivity (Wildman–Crippen MR) is 102 cm³/mol. The SMILES string of the molecule is CC1(NC(=O)OC2CCC(c3cc(Nc4nccn5nccc45)n[nH]3)C2)CC1. The molecule has 0 aliphatic heterocycles.